The normalized spacial score (nSPS) is 14.7. The van der Waals surface area contributed by atoms with Crippen molar-refractivity contribution in [2.45, 2.75) is 19.8 Å². The molecule has 0 atom stereocenters. The number of carbonyl (C=O) groups excluding carboxylic acids is 1. The summed E-state index contributed by atoms with van der Waals surface area (Å²) in [4.78, 5) is 14.9. The van der Waals surface area contributed by atoms with Gasteiger partial charge in [-0.3, -0.25) is 4.79 Å². The van der Waals surface area contributed by atoms with E-state index in [-0.39, 0.29) is 5.91 Å². The van der Waals surface area contributed by atoms with Crippen LogP contribution in [0, 0.1) is 5.92 Å². The van der Waals surface area contributed by atoms with Gasteiger partial charge in [0.1, 0.15) is 0 Å². The van der Waals surface area contributed by atoms with Gasteiger partial charge in [0.15, 0.2) is 0 Å². The zero-order valence-electron chi connectivity index (χ0n) is 16.3. The summed E-state index contributed by atoms with van der Waals surface area (Å²) in [7, 11) is 0. The van der Waals surface area contributed by atoms with Crippen LogP contribution >= 0.6 is 0 Å². The van der Waals surface area contributed by atoms with Gasteiger partial charge < -0.3 is 10.2 Å². The molecule has 0 radical (unpaired) electrons. The summed E-state index contributed by atoms with van der Waals surface area (Å²) in [6.07, 6.45) is 2.18. The van der Waals surface area contributed by atoms with Gasteiger partial charge in [-0.2, -0.15) is 0 Å². The number of hydrogen-bond acceptors (Lipinski definition) is 2. The summed E-state index contributed by atoms with van der Waals surface area (Å²) < 4.78 is 0. The molecule has 0 spiro atoms. The number of likely N-dealkylation sites (tertiary alicyclic amines) is 1. The first kappa shape index (κ1) is 18.3. The van der Waals surface area contributed by atoms with Crippen molar-refractivity contribution in [3.8, 4) is 11.1 Å². The molecule has 1 heterocycles. The maximum Gasteiger partial charge on any atom is 0.253 e. The first-order chi connectivity index (χ1) is 13.7. The molecule has 3 heteroatoms. The Labute approximate surface area is 167 Å². The molecule has 0 bridgehead atoms. The predicted molar refractivity (Wildman–Crippen MR) is 116 cm³/mol. The molecule has 1 amide bonds. The molecule has 0 aliphatic carbocycles. The Kier molecular flexibility index (Phi) is 5.43. The van der Waals surface area contributed by atoms with Gasteiger partial charge in [0.25, 0.3) is 5.91 Å². The molecule has 28 heavy (non-hydrogen) atoms. The highest BCUT2D eigenvalue weighted by Gasteiger charge is 2.21. The number of piperidine rings is 1. The van der Waals surface area contributed by atoms with E-state index >= 15 is 0 Å². The molecule has 0 unspecified atom stereocenters. The van der Waals surface area contributed by atoms with E-state index in [9.17, 15) is 4.79 Å². The summed E-state index contributed by atoms with van der Waals surface area (Å²) in [5.41, 5.74) is 5.02. The van der Waals surface area contributed by atoms with E-state index in [0.717, 1.165) is 48.4 Å². The third-order valence-corrected chi connectivity index (χ3v) is 5.47. The fourth-order valence-electron chi connectivity index (χ4n) is 3.74. The van der Waals surface area contributed by atoms with Crippen LogP contribution in [0.4, 0.5) is 11.4 Å². The van der Waals surface area contributed by atoms with Crippen LogP contribution in [-0.2, 0) is 0 Å². The third-order valence-electron chi connectivity index (χ3n) is 5.47. The minimum absolute atomic E-state index is 0.131. The summed E-state index contributed by atoms with van der Waals surface area (Å²) in [5.74, 6) is 0.846. The van der Waals surface area contributed by atoms with Gasteiger partial charge in [-0.1, -0.05) is 61.5 Å². The average Bonchev–Trinajstić information content (AvgIpc) is 2.75. The van der Waals surface area contributed by atoms with E-state index in [1.165, 1.54) is 5.56 Å². The molecular weight excluding hydrogens is 344 g/mol. The quantitative estimate of drug-likeness (QED) is 0.614. The van der Waals surface area contributed by atoms with E-state index in [4.69, 9.17) is 0 Å². The molecule has 3 aromatic carbocycles. The van der Waals surface area contributed by atoms with Crippen LogP contribution in [0.1, 0.15) is 30.1 Å². The number of hydrogen-bond donors (Lipinski definition) is 1. The van der Waals surface area contributed by atoms with Gasteiger partial charge >= 0.3 is 0 Å². The van der Waals surface area contributed by atoms with Crippen molar-refractivity contribution in [2.24, 2.45) is 5.92 Å². The maximum atomic E-state index is 12.9. The zero-order valence-corrected chi connectivity index (χ0v) is 16.3. The third kappa shape index (κ3) is 4.09. The van der Waals surface area contributed by atoms with Crippen molar-refractivity contribution >= 4 is 17.3 Å². The number of anilines is 2. The molecular formula is C25H26N2O. The summed E-state index contributed by atoms with van der Waals surface area (Å²) >= 11 is 0. The molecule has 0 saturated carbocycles. The van der Waals surface area contributed by atoms with Gasteiger partial charge in [0, 0.05) is 35.6 Å². The van der Waals surface area contributed by atoms with Crippen LogP contribution in [0.15, 0.2) is 78.9 Å². The molecule has 1 aliphatic heterocycles. The lowest BCUT2D eigenvalue weighted by molar-refractivity contribution is 0.0697. The lowest BCUT2D eigenvalue weighted by atomic mass is 9.98. The van der Waals surface area contributed by atoms with Crippen molar-refractivity contribution in [3.63, 3.8) is 0 Å². The van der Waals surface area contributed by atoms with Crippen molar-refractivity contribution < 1.29 is 4.79 Å². The van der Waals surface area contributed by atoms with Crippen LogP contribution < -0.4 is 5.32 Å². The Morgan fingerprint density at radius 1 is 0.893 bits per heavy atom. The van der Waals surface area contributed by atoms with Crippen LogP contribution in [0.5, 0.6) is 0 Å². The van der Waals surface area contributed by atoms with E-state index in [0.29, 0.717) is 5.92 Å². The molecule has 4 rings (SSSR count). The van der Waals surface area contributed by atoms with E-state index in [1.54, 1.807) is 0 Å². The monoisotopic (exact) mass is 370 g/mol. The maximum absolute atomic E-state index is 12.9. The van der Waals surface area contributed by atoms with E-state index < -0.39 is 0 Å². The first-order valence-corrected chi connectivity index (χ1v) is 10.0. The Hall–Kier alpha value is -3.07. The van der Waals surface area contributed by atoms with Crippen LogP contribution in [-0.4, -0.2) is 23.9 Å². The lowest BCUT2D eigenvalue weighted by Gasteiger charge is -2.30. The second kappa shape index (κ2) is 8.30. The summed E-state index contributed by atoms with van der Waals surface area (Å²) in [6.45, 7) is 3.97. The average molecular weight is 370 g/mol. The predicted octanol–water partition coefficient (Wildman–Crippen LogP) is 5.97. The van der Waals surface area contributed by atoms with Crippen molar-refractivity contribution in [3.05, 3.63) is 84.4 Å². The highest BCUT2D eigenvalue weighted by Crippen LogP contribution is 2.30. The van der Waals surface area contributed by atoms with E-state index in [2.05, 4.69) is 36.5 Å². The van der Waals surface area contributed by atoms with Crippen LogP contribution in [0.25, 0.3) is 11.1 Å². The Morgan fingerprint density at radius 3 is 2.39 bits per heavy atom. The second-order valence-electron chi connectivity index (χ2n) is 7.59. The number of amides is 1. The van der Waals surface area contributed by atoms with E-state index in [1.807, 2.05) is 59.5 Å². The molecule has 1 saturated heterocycles. The van der Waals surface area contributed by atoms with Gasteiger partial charge in [0.05, 0.1) is 0 Å². The highest BCUT2D eigenvalue weighted by molar-refractivity contribution is 5.95. The summed E-state index contributed by atoms with van der Waals surface area (Å²) in [5, 5.41) is 3.51. The Morgan fingerprint density at radius 2 is 1.61 bits per heavy atom. The lowest BCUT2D eigenvalue weighted by Crippen LogP contribution is -2.37. The van der Waals surface area contributed by atoms with Crippen molar-refractivity contribution in [1.82, 2.24) is 4.90 Å². The highest BCUT2D eigenvalue weighted by atomic mass is 16.2. The largest absolute Gasteiger partial charge is 0.355 e. The van der Waals surface area contributed by atoms with Gasteiger partial charge in [-0.15, -0.1) is 0 Å². The molecule has 0 aromatic heterocycles. The molecule has 1 aliphatic rings. The molecule has 1 fully saturated rings. The fourth-order valence-corrected chi connectivity index (χ4v) is 3.74. The number of carbonyl (C=O) groups is 1. The molecule has 3 nitrogen and oxygen atoms in total. The second-order valence-corrected chi connectivity index (χ2v) is 7.59. The van der Waals surface area contributed by atoms with Gasteiger partial charge in [0.2, 0.25) is 0 Å². The number of benzene rings is 3. The fraction of sp³-hybridized carbons (Fsp3) is 0.240. The van der Waals surface area contributed by atoms with Crippen LogP contribution in [0.3, 0.4) is 0 Å². The minimum atomic E-state index is 0.131. The Bertz CT molecular complexity index is 944. The zero-order chi connectivity index (χ0) is 19.3. The SMILES string of the molecule is CC1CCN(C(=O)c2cccc(Nc3ccccc3-c3ccccc3)c2)CC1. The van der Waals surface area contributed by atoms with Crippen molar-refractivity contribution in [1.29, 1.82) is 0 Å². The standard InChI is InChI=1S/C25H26N2O/c1-19-14-16-27(17-15-19)25(28)21-10-7-11-22(18-21)26-24-13-6-5-12-23(24)20-8-3-2-4-9-20/h2-13,18-19,26H,14-17H2,1H3. The minimum Gasteiger partial charge on any atom is -0.355 e. The van der Waals surface area contributed by atoms with Gasteiger partial charge in [-0.25, -0.2) is 0 Å². The molecule has 3 aromatic rings. The van der Waals surface area contributed by atoms with Gasteiger partial charge in [-0.05, 0) is 48.6 Å². The number of para-hydroxylation sites is 1. The first-order valence-electron chi connectivity index (χ1n) is 10.0. The van der Waals surface area contributed by atoms with Crippen molar-refractivity contribution in [2.75, 3.05) is 18.4 Å². The smallest absolute Gasteiger partial charge is 0.253 e. The van der Waals surface area contributed by atoms with Crippen LogP contribution in [0.2, 0.25) is 0 Å². The summed E-state index contributed by atoms with van der Waals surface area (Å²) in [6, 6.07) is 26.4. The number of nitrogens with one attached hydrogen (secondary N) is 1. The Balaban J connectivity index is 1.56. The topological polar surface area (TPSA) is 32.3 Å². The molecule has 1 N–H and O–H groups in total. The molecule has 142 valence electrons. The number of rotatable bonds is 4. The number of nitrogens with zero attached hydrogens (tertiary/aromatic N) is 1.